The number of ether oxygens (including phenoxy) is 2. The Bertz CT molecular complexity index is 1210. The molecule has 0 radical (unpaired) electrons. The first-order valence-electron chi connectivity index (χ1n) is 10.1. The number of hydrogen-bond acceptors (Lipinski definition) is 7. The standard InChI is InChI=1S/C22H24N4O4S/c1-13(20(27)25-24-11-14-8-9-16(29-2)17(10-14)30-3)26-12-23-21-19(22(26)28)15-6-4-5-7-18(15)31-21/h8-13H,4-7H2,1-3H3,(H,25,27)/b24-11-/t13-/m1/s1. The van der Waals surface area contributed by atoms with Crippen LogP contribution in [0.4, 0.5) is 0 Å². The van der Waals surface area contributed by atoms with E-state index in [1.807, 2.05) is 0 Å². The molecule has 0 spiro atoms. The Morgan fingerprint density at radius 1 is 1.26 bits per heavy atom. The van der Waals surface area contributed by atoms with Gasteiger partial charge in [0.25, 0.3) is 11.5 Å². The summed E-state index contributed by atoms with van der Waals surface area (Å²) in [5, 5.41) is 4.68. The van der Waals surface area contributed by atoms with Crippen molar-refractivity contribution >= 4 is 33.7 Å². The summed E-state index contributed by atoms with van der Waals surface area (Å²) in [6.45, 7) is 1.66. The molecule has 0 aliphatic heterocycles. The van der Waals surface area contributed by atoms with E-state index in [0.717, 1.165) is 41.6 Å². The summed E-state index contributed by atoms with van der Waals surface area (Å²) in [4.78, 5) is 32.2. The third-order valence-electron chi connectivity index (χ3n) is 5.49. The van der Waals surface area contributed by atoms with Gasteiger partial charge < -0.3 is 9.47 Å². The molecule has 0 saturated heterocycles. The van der Waals surface area contributed by atoms with Crippen molar-refractivity contribution in [3.63, 3.8) is 0 Å². The van der Waals surface area contributed by atoms with Gasteiger partial charge in [0.1, 0.15) is 10.9 Å². The maximum Gasteiger partial charge on any atom is 0.263 e. The Hall–Kier alpha value is -3.20. The van der Waals surface area contributed by atoms with Gasteiger partial charge in [-0.15, -0.1) is 11.3 Å². The summed E-state index contributed by atoms with van der Waals surface area (Å²) in [6.07, 6.45) is 7.07. The number of thiophene rings is 1. The highest BCUT2D eigenvalue weighted by Gasteiger charge is 2.23. The zero-order valence-electron chi connectivity index (χ0n) is 17.7. The molecule has 1 aliphatic rings. The first-order valence-corrected chi connectivity index (χ1v) is 10.9. The van der Waals surface area contributed by atoms with Crippen LogP contribution in [0.3, 0.4) is 0 Å². The Morgan fingerprint density at radius 3 is 2.81 bits per heavy atom. The second kappa shape index (κ2) is 8.89. The lowest BCUT2D eigenvalue weighted by atomic mass is 9.97. The lowest BCUT2D eigenvalue weighted by molar-refractivity contribution is -0.123. The fourth-order valence-corrected chi connectivity index (χ4v) is 4.98. The summed E-state index contributed by atoms with van der Waals surface area (Å²) < 4.78 is 11.9. The van der Waals surface area contributed by atoms with Crippen LogP contribution in [0.2, 0.25) is 0 Å². The Kier molecular flexibility index (Phi) is 6.03. The van der Waals surface area contributed by atoms with Gasteiger partial charge in [0, 0.05) is 4.88 Å². The van der Waals surface area contributed by atoms with Gasteiger partial charge in [-0.3, -0.25) is 14.2 Å². The number of aryl methyl sites for hydroxylation is 2. The van der Waals surface area contributed by atoms with Crippen LogP contribution in [0.25, 0.3) is 10.2 Å². The van der Waals surface area contributed by atoms with Crippen LogP contribution in [0.5, 0.6) is 11.5 Å². The minimum absolute atomic E-state index is 0.170. The number of nitrogens with one attached hydrogen (secondary N) is 1. The van der Waals surface area contributed by atoms with Crippen LogP contribution < -0.4 is 20.5 Å². The number of hydrazone groups is 1. The fraction of sp³-hybridized carbons (Fsp3) is 0.364. The number of benzene rings is 1. The Morgan fingerprint density at radius 2 is 2.03 bits per heavy atom. The number of aromatic nitrogens is 2. The molecule has 4 rings (SSSR count). The third-order valence-corrected chi connectivity index (χ3v) is 6.69. The molecular formula is C22H24N4O4S. The molecule has 3 aromatic rings. The quantitative estimate of drug-likeness (QED) is 0.470. The van der Waals surface area contributed by atoms with Crippen LogP contribution in [0.1, 0.15) is 41.8 Å². The predicted molar refractivity (Wildman–Crippen MR) is 121 cm³/mol. The second-order valence-electron chi connectivity index (χ2n) is 7.37. The van der Waals surface area contributed by atoms with Crippen LogP contribution >= 0.6 is 11.3 Å². The highest BCUT2D eigenvalue weighted by atomic mass is 32.1. The first kappa shape index (κ1) is 21.0. The second-order valence-corrected chi connectivity index (χ2v) is 8.46. The van der Waals surface area contributed by atoms with E-state index < -0.39 is 11.9 Å². The number of rotatable bonds is 6. The van der Waals surface area contributed by atoms with E-state index in [1.54, 1.807) is 50.7 Å². The molecule has 1 amide bonds. The fourth-order valence-electron chi connectivity index (χ4n) is 3.76. The highest BCUT2D eigenvalue weighted by molar-refractivity contribution is 7.18. The first-order chi connectivity index (χ1) is 15.0. The zero-order chi connectivity index (χ0) is 22.0. The molecule has 162 valence electrons. The van der Waals surface area contributed by atoms with Gasteiger partial charge in [-0.1, -0.05) is 0 Å². The summed E-state index contributed by atoms with van der Waals surface area (Å²) in [7, 11) is 3.11. The van der Waals surface area contributed by atoms with Gasteiger partial charge in [-0.2, -0.15) is 5.10 Å². The van der Waals surface area contributed by atoms with Gasteiger partial charge in [-0.25, -0.2) is 10.4 Å². The molecule has 0 unspecified atom stereocenters. The topological polar surface area (TPSA) is 94.8 Å². The Balaban J connectivity index is 1.52. The zero-order valence-corrected chi connectivity index (χ0v) is 18.5. The molecule has 0 fully saturated rings. The molecule has 1 atom stereocenters. The molecule has 0 bridgehead atoms. The van der Waals surface area contributed by atoms with Crippen LogP contribution in [-0.2, 0) is 17.6 Å². The molecule has 8 nitrogen and oxygen atoms in total. The van der Waals surface area contributed by atoms with Crippen molar-refractivity contribution in [1.29, 1.82) is 0 Å². The van der Waals surface area contributed by atoms with Crippen molar-refractivity contribution in [1.82, 2.24) is 15.0 Å². The SMILES string of the molecule is COc1ccc(/C=N\NC(=O)[C@@H](C)n2cnc3sc4c(c3c2=O)CCCC4)cc1OC. The maximum atomic E-state index is 13.1. The van der Waals surface area contributed by atoms with Crippen molar-refractivity contribution in [2.24, 2.45) is 5.10 Å². The predicted octanol–water partition coefficient (Wildman–Crippen LogP) is 3.07. The van der Waals surface area contributed by atoms with Crippen molar-refractivity contribution in [3.8, 4) is 11.5 Å². The molecule has 2 heterocycles. The molecule has 1 aromatic carbocycles. The van der Waals surface area contributed by atoms with Crippen LogP contribution in [0.15, 0.2) is 34.4 Å². The van der Waals surface area contributed by atoms with Gasteiger partial charge in [0.15, 0.2) is 11.5 Å². The summed E-state index contributed by atoms with van der Waals surface area (Å²) in [6, 6.07) is 4.56. The van der Waals surface area contributed by atoms with Crippen LogP contribution in [-0.4, -0.2) is 35.9 Å². The number of carbonyl (C=O) groups is 1. The molecule has 0 saturated carbocycles. The van der Waals surface area contributed by atoms with E-state index in [2.05, 4.69) is 15.5 Å². The monoisotopic (exact) mass is 440 g/mol. The maximum absolute atomic E-state index is 13.1. The van der Waals surface area contributed by atoms with E-state index in [-0.39, 0.29) is 5.56 Å². The van der Waals surface area contributed by atoms with Gasteiger partial charge in [-0.05, 0) is 61.9 Å². The molecule has 9 heteroatoms. The smallest absolute Gasteiger partial charge is 0.263 e. The lowest BCUT2D eigenvalue weighted by Crippen LogP contribution is -2.34. The van der Waals surface area contributed by atoms with E-state index >= 15 is 0 Å². The van der Waals surface area contributed by atoms with Crippen molar-refractivity contribution < 1.29 is 14.3 Å². The number of nitrogens with zero attached hydrogens (tertiary/aromatic N) is 3. The Labute approximate surface area is 183 Å². The number of amides is 1. The van der Waals surface area contributed by atoms with E-state index in [9.17, 15) is 9.59 Å². The molecule has 2 aromatic heterocycles. The summed E-state index contributed by atoms with van der Waals surface area (Å²) in [5.41, 5.74) is 4.17. The van der Waals surface area contributed by atoms with E-state index in [0.29, 0.717) is 16.9 Å². The number of fused-ring (bicyclic) bond motifs is 3. The van der Waals surface area contributed by atoms with Crippen molar-refractivity contribution in [3.05, 3.63) is 50.9 Å². The highest BCUT2D eigenvalue weighted by Crippen LogP contribution is 2.33. The third kappa shape index (κ3) is 4.05. The van der Waals surface area contributed by atoms with E-state index in [4.69, 9.17) is 9.47 Å². The molecule has 1 N–H and O–H groups in total. The number of hydrogen-bond donors (Lipinski definition) is 1. The molecule has 31 heavy (non-hydrogen) atoms. The van der Waals surface area contributed by atoms with Crippen molar-refractivity contribution in [2.45, 2.75) is 38.6 Å². The lowest BCUT2D eigenvalue weighted by Gasteiger charge is -2.14. The van der Waals surface area contributed by atoms with Gasteiger partial charge in [0.2, 0.25) is 0 Å². The minimum atomic E-state index is -0.744. The van der Waals surface area contributed by atoms with E-state index in [1.165, 1.54) is 22.0 Å². The number of carbonyl (C=O) groups excluding carboxylic acids is 1. The average Bonchev–Trinajstić information content (AvgIpc) is 3.18. The summed E-state index contributed by atoms with van der Waals surface area (Å²) in [5.74, 6) is 0.774. The average molecular weight is 441 g/mol. The minimum Gasteiger partial charge on any atom is -0.493 e. The summed E-state index contributed by atoms with van der Waals surface area (Å²) >= 11 is 1.59. The van der Waals surface area contributed by atoms with Crippen molar-refractivity contribution in [2.75, 3.05) is 14.2 Å². The largest absolute Gasteiger partial charge is 0.493 e. The van der Waals surface area contributed by atoms with Gasteiger partial charge >= 0.3 is 0 Å². The van der Waals surface area contributed by atoms with Gasteiger partial charge in [0.05, 0.1) is 32.1 Å². The number of methoxy groups -OCH3 is 2. The molecule has 1 aliphatic carbocycles. The normalized spacial score (nSPS) is 14.4. The van der Waals surface area contributed by atoms with Crippen LogP contribution in [0, 0.1) is 0 Å². The molecular weight excluding hydrogens is 416 g/mol.